The van der Waals surface area contributed by atoms with Gasteiger partial charge in [-0.2, -0.15) is 0 Å². The van der Waals surface area contributed by atoms with Crippen LogP contribution in [0.2, 0.25) is 5.02 Å². The normalized spacial score (nSPS) is 12.5. The molecule has 1 N–H and O–H groups in total. The maximum absolute atomic E-state index is 6.22. The van der Waals surface area contributed by atoms with E-state index in [4.69, 9.17) is 25.8 Å². The molecular weight excluding hydrogens is 278 g/mol. The van der Waals surface area contributed by atoms with E-state index in [1.54, 1.807) is 6.07 Å². The van der Waals surface area contributed by atoms with E-state index in [0.717, 1.165) is 17.9 Å². The Kier molecular flexibility index (Phi) is 3.67. The summed E-state index contributed by atoms with van der Waals surface area (Å²) in [6.07, 6.45) is 0. The molecule has 0 radical (unpaired) electrons. The number of hydrogen-bond donors (Lipinski definition) is 1. The number of hydrogen-bond acceptors (Lipinski definition) is 4. The van der Waals surface area contributed by atoms with Crippen LogP contribution in [0.25, 0.3) is 0 Å². The van der Waals surface area contributed by atoms with E-state index in [1.807, 2.05) is 37.4 Å². The van der Waals surface area contributed by atoms with Gasteiger partial charge < -0.3 is 19.5 Å². The predicted molar refractivity (Wildman–Crippen MR) is 76.9 cm³/mol. The molecule has 0 aromatic heterocycles. The first-order chi connectivity index (χ1) is 9.76. The molecule has 0 bridgehead atoms. The molecule has 1 aliphatic heterocycles. The van der Waals surface area contributed by atoms with Gasteiger partial charge >= 0.3 is 0 Å². The molecule has 0 spiro atoms. The van der Waals surface area contributed by atoms with Crippen molar-refractivity contribution < 1.29 is 14.2 Å². The summed E-state index contributed by atoms with van der Waals surface area (Å²) in [5, 5.41) is 3.66. The number of ether oxygens (including phenoxy) is 3. The Hall–Kier alpha value is -1.91. The minimum atomic E-state index is 0.248. The Morgan fingerprint density at radius 3 is 2.80 bits per heavy atom. The van der Waals surface area contributed by atoms with Crippen LogP contribution < -0.4 is 19.5 Å². The zero-order valence-corrected chi connectivity index (χ0v) is 11.7. The SMILES string of the molecule is CNCc1ccc(Oc2ccc3c(c2)OCO3)c(Cl)c1. The highest BCUT2D eigenvalue weighted by Crippen LogP contribution is 2.38. The fourth-order valence-electron chi connectivity index (χ4n) is 2.01. The summed E-state index contributed by atoms with van der Waals surface area (Å²) in [4.78, 5) is 0. The number of fused-ring (bicyclic) bond motifs is 1. The first-order valence-corrected chi connectivity index (χ1v) is 6.64. The summed E-state index contributed by atoms with van der Waals surface area (Å²) in [5.74, 6) is 2.70. The van der Waals surface area contributed by atoms with Crippen molar-refractivity contribution in [1.82, 2.24) is 5.32 Å². The highest BCUT2D eigenvalue weighted by molar-refractivity contribution is 6.32. The molecule has 0 saturated carbocycles. The van der Waals surface area contributed by atoms with E-state index in [0.29, 0.717) is 22.3 Å². The van der Waals surface area contributed by atoms with Crippen LogP contribution in [-0.4, -0.2) is 13.8 Å². The quantitative estimate of drug-likeness (QED) is 0.934. The Bertz CT molecular complexity index is 631. The van der Waals surface area contributed by atoms with Crippen LogP contribution in [0.4, 0.5) is 0 Å². The topological polar surface area (TPSA) is 39.7 Å². The Labute approximate surface area is 122 Å². The lowest BCUT2D eigenvalue weighted by molar-refractivity contribution is 0.174. The number of rotatable bonds is 4. The lowest BCUT2D eigenvalue weighted by Gasteiger charge is -2.09. The molecule has 104 valence electrons. The third-order valence-electron chi connectivity index (χ3n) is 2.95. The third-order valence-corrected chi connectivity index (χ3v) is 3.24. The summed E-state index contributed by atoms with van der Waals surface area (Å²) in [7, 11) is 1.89. The first kappa shape index (κ1) is 13.1. The van der Waals surface area contributed by atoms with E-state index in [-0.39, 0.29) is 6.79 Å². The molecule has 0 unspecified atom stereocenters. The Morgan fingerprint density at radius 2 is 2.00 bits per heavy atom. The van der Waals surface area contributed by atoms with Crippen molar-refractivity contribution in [2.45, 2.75) is 6.54 Å². The van der Waals surface area contributed by atoms with E-state index in [9.17, 15) is 0 Å². The van der Waals surface area contributed by atoms with Crippen LogP contribution in [0.1, 0.15) is 5.56 Å². The van der Waals surface area contributed by atoms with Gasteiger partial charge in [0.05, 0.1) is 5.02 Å². The summed E-state index contributed by atoms with van der Waals surface area (Å²) in [6.45, 7) is 1.02. The van der Waals surface area contributed by atoms with Gasteiger partial charge in [0.25, 0.3) is 0 Å². The van der Waals surface area contributed by atoms with Gasteiger partial charge in [0.15, 0.2) is 11.5 Å². The molecule has 0 fully saturated rings. The predicted octanol–water partition coefficient (Wildman–Crippen LogP) is 3.58. The Balaban J connectivity index is 1.80. The third kappa shape index (κ3) is 2.66. The maximum Gasteiger partial charge on any atom is 0.231 e. The highest BCUT2D eigenvalue weighted by Gasteiger charge is 2.14. The molecule has 1 heterocycles. The lowest BCUT2D eigenvalue weighted by atomic mass is 10.2. The van der Waals surface area contributed by atoms with Gasteiger partial charge in [-0.05, 0) is 36.9 Å². The molecule has 0 amide bonds. The van der Waals surface area contributed by atoms with Crippen molar-refractivity contribution in [3.05, 3.63) is 47.0 Å². The minimum absolute atomic E-state index is 0.248. The average molecular weight is 292 g/mol. The van der Waals surface area contributed by atoms with Crippen LogP contribution in [-0.2, 0) is 6.54 Å². The second-order valence-electron chi connectivity index (χ2n) is 4.41. The second kappa shape index (κ2) is 5.61. The fourth-order valence-corrected chi connectivity index (χ4v) is 2.25. The molecule has 2 aromatic carbocycles. The highest BCUT2D eigenvalue weighted by atomic mass is 35.5. The van der Waals surface area contributed by atoms with Crippen LogP contribution in [0, 0.1) is 0 Å². The second-order valence-corrected chi connectivity index (χ2v) is 4.82. The lowest BCUT2D eigenvalue weighted by Crippen LogP contribution is -2.04. The summed E-state index contributed by atoms with van der Waals surface area (Å²) >= 11 is 6.22. The Morgan fingerprint density at radius 1 is 1.15 bits per heavy atom. The van der Waals surface area contributed by atoms with Crippen molar-refractivity contribution >= 4 is 11.6 Å². The van der Waals surface area contributed by atoms with Crippen molar-refractivity contribution in [3.63, 3.8) is 0 Å². The molecule has 5 heteroatoms. The van der Waals surface area contributed by atoms with Crippen molar-refractivity contribution in [2.75, 3.05) is 13.8 Å². The zero-order chi connectivity index (χ0) is 13.9. The number of benzene rings is 2. The van der Waals surface area contributed by atoms with Gasteiger partial charge in [-0.15, -0.1) is 0 Å². The molecule has 4 nitrogen and oxygen atoms in total. The molecule has 1 aliphatic rings. The maximum atomic E-state index is 6.22. The van der Waals surface area contributed by atoms with Crippen molar-refractivity contribution in [3.8, 4) is 23.0 Å². The largest absolute Gasteiger partial charge is 0.456 e. The summed E-state index contributed by atoms with van der Waals surface area (Å²) in [5.41, 5.74) is 1.11. The van der Waals surface area contributed by atoms with Crippen LogP contribution >= 0.6 is 11.6 Å². The van der Waals surface area contributed by atoms with Crippen LogP contribution in [0.3, 0.4) is 0 Å². The summed E-state index contributed by atoms with van der Waals surface area (Å²) in [6, 6.07) is 11.2. The van der Waals surface area contributed by atoms with Crippen LogP contribution in [0.15, 0.2) is 36.4 Å². The number of halogens is 1. The molecule has 0 saturated heterocycles. The zero-order valence-electron chi connectivity index (χ0n) is 11.0. The molecule has 0 aliphatic carbocycles. The van der Waals surface area contributed by atoms with E-state index < -0.39 is 0 Å². The van der Waals surface area contributed by atoms with Gasteiger partial charge in [-0.25, -0.2) is 0 Å². The first-order valence-electron chi connectivity index (χ1n) is 6.27. The van der Waals surface area contributed by atoms with Gasteiger partial charge in [0, 0.05) is 12.6 Å². The summed E-state index contributed by atoms with van der Waals surface area (Å²) < 4.78 is 16.4. The van der Waals surface area contributed by atoms with E-state index >= 15 is 0 Å². The number of nitrogens with one attached hydrogen (secondary N) is 1. The van der Waals surface area contributed by atoms with Gasteiger partial charge in [-0.1, -0.05) is 17.7 Å². The monoisotopic (exact) mass is 291 g/mol. The molecular formula is C15H14ClNO3. The molecule has 0 atom stereocenters. The van der Waals surface area contributed by atoms with Gasteiger partial charge in [0.2, 0.25) is 6.79 Å². The van der Waals surface area contributed by atoms with Gasteiger partial charge in [0.1, 0.15) is 11.5 Å². The van der Waals surface area contributed by atoms with Crippen molar-refractivity contribution in [2.24, 2.45) is 0 Å². The minimum Gasteiger partial charge on any atom is -0.456 e. The smallest absolute Gasteiger partial charge is 0.231 e. The van der Waals surface area contributed by atoms with Gasteiger partial charge in [-0.3, -0.25) is 0 Å². The van der Waals surface area contributed by atoms with E-state index in [2.05, 4.69) is 5.32 Å². The fraction of sp³-hybridized carbons (Fsp3) is 0.200. The molecule has 3 rings (SSSR count). The van der Waals surface area contributed by atoms with E-state index in [1.165, 1.54) is 0 Å². The average Bonchev–Trinajstić information content (AvgIpc) is 2.90. The molecule has 2 aromatic rings. The van der Waals surface area contributed by atoms with Crippen molar-refractivity contribution in [1.29, 1.82) is 0 Å². The standard InChI is InChI=1S/C15H14ClNO3/c1-17-8-10-2-4-13(12(16)6-10)20-11-3-5-14-15(7-11)19-9-18-14/h2-7,17H,8-9H2,1H3. The molecule has 20 heavy (non-hydrogen) atoms. The van der Waals surface area contributed by atoms with Crippen LogP contribution in [0.5, 0.6) is 23.0 Å².